The molecule has 1 fully saturated rings. The van der Waals surface area contributed by atoms with Crippen molar-refractivity contribution < 1.29 is 4.79 Å². The number of carbonyl (C=O) groups is 1. The van der Waals surface area contributed by atoms with E-state index in [0.717, 1.165) is 28.5 Å². The average Bonchev–Trinajstić information content (AvgIpc) is 2.41. The Kier molecular flexibility index (Phi) is 4.53. The first-order valence-electron chi connectivity index (χ1n) is 7.36. The third-order valence-electron chi connectivity index (χ3n) is 4.87. The molecule has 0 N–H and O–H groups in total. The number of allylic oxidation sites excluding steroid dienone is 1. The molecule has 1 aliphatic rings. The number of hydrogen-bond donors (Lipinski definition) is 0. The van der Waals surface area contributed by atoms with Crippen LogP contribution in [0.15, 0.2) is 34.3 Å². The van der Waals surface area contributed by atoms with Crippen LogP contribution in [0.3, 0.4) is 0 Å². The van der Waals surface area contributed by atoms with Crippen LogP contribution in [0.4, 0.5) is 0 Å². The Balaban J connectivity index is 2.37. The minimum Gasteiger partial charge on any atom is -0.294 e. The third kappa shape index (κ3) is 2.90. The van der Waals surface area contributed by atoms with Crippen molar-refractivity contribution in [2.75, 3.05) is 0 Å². The van der Waals surface area contributed by atoms with Crippen molar-refractivity contribution in [3.63, 3.8) is 0 Å². The summed E-state index contributed by atoms with van der Waals surface area (Å²) in [5, 5.41) is 0. The molecule has 0 aromatic heterocycles. The summed E-state index contributed by atoms with van der Waals surface area (Å²) in [4.78, 5) is 12.9. The fraction of sp³-hybridized carbons (Fsp3) is 0.500. The van der Waals surface area contributed by atoms with Gasteiger partial charge in [0.05, 0.1) is 0 Å². The minimum absolute atomic E-state index is 0.201. The van der Waals surface area contributed by atoms with Gasteiger partial charge in [0.1, 0.15) is 0 Å². The number of carbonyl (C=O) groups excluding carboxylic acids is 1. The van der Waals surface area contributed by atoms with Crippen molar-refractivity contribution in [1.29, 1.82) is 0 Å². The number of halogens is 1. The van der Waals surface area contributed by atoms with Crippen LogP contribution in [0.1, 0.15) is 46.1 Å². The van der Waals surface area contributed by atoms with Crippen molar-refractivity contribution in [3.05, 3.63) is 39.9 Å². The lowest BCUT2D eigenvalue weighted by Crippen LogP contribution is -2.40. The number of ketones is 1. The summed E-state index contributed by atoms with van der Waals surface area (Å²) in [6, 6.07) is 8.15. The molecule has 0 radical (unpaired) electrons. The molecule has 2 rings (SSSR count). The van der Waals surface area contributed by atoms with Gasteiger partial charge in [0, 0.05) is 9.89 Å². The molecule has 0 amide bonds. The molecule has 1 aromatic carbocycles. The van der Waals surface area contributed by atoms with E-state index in [1.807, 2.05) is 12.1 Å². The summed E-state index contributed by atoms with van der Waals surface area (Å²) in [5.41, 5.74) is 1.90. The van der Waals surface area contributed by atoms with Gasteiger partial charge in [-0.25, -0.2) is 0 Å². The Labute approximate surface area is 130 Å². The quantitative estimate of drug-likeness (QED) is 0.653. The number of hydrogen-bond acceptors (Lipinski definition) is 1. The fourth-order valence-electron chi connectivity index (χ4n) is 2.84. The van der Waals surface area contributed by atoms with E-state index in [1.165, 1.54) is 0 Å². The maximum atomic E-state index is 12.9. The summed E-state index contributed by atoms with van der Waals surface area (Å²) >= 11 is 3.44. The average molecular weight is 335 g/mol. The molecule has 0 unspecified atom stereocenters. The second kappa shape index (κ2) is 5.85. The third-order valence-corrected chi connectivity index (χ3v) is 5.40. The van der Waals surface area contributed by atoms with Crippen LogP contribution < -0.4 is 0 Å². The molecule has 2 atom stereocenters. The Morgan fingerprint density at radius 1 is 1.30 bits per heavy atom. The molecule has 1 nitrogen and oxygen atoms in total. The van der Waals surface area contributed by atoms with E-state index in [0.29, 0.717) is 17.6 Å². The van der Waals surface area contributed by atoms with Crippen LogP contribution in [-0.2, 0) is 4.79 Å². The first kappa shape index (κ1) is 15.5. The molecule has 1 saturated carbocycles. The number of benzene rings is 1. The maximum absolute atomic E-state index is 12.9. The van der Waals surface area contributed by atoms with Crippen molar-refractivity contribution in [2.24, 2.45) is 17.3 Å². The fourth-order valence-corrected chi connectivity index (χ4v) is 3.10. The van der Waals surface area contributed by atoms with Gasteiger partial charge in [0.2, 0.25) is 0 Å². The first-order chi connectivity index (χ1) is 9.34. The van der Waals surface area contributed by atoms with E-state index in [2.05, 4.69) is 61.8 Å². The molecule has 1 aliphatic carbocycles. The molecule has 0 bridgehead atoms. The van der Waals surface area contributed by atoms with E-state index in [4.69, 9.17) is 0 Å². The molecule has 108 valence electrons. The number of rotatable bonds is 2. The van der Waals surface area contributed by atoms with Crippen LogP contribution in [-0.4, -0.2) is 5.78 Å². The Bertz CT molecular complexity index is 527. The Morgan fingerprint density at radius 3 is 2.45 bits per heavy atom. The van der Waals surface area contributed by atoms with E-state index in [9.17, 15) is 4.79 Å². The minimum atomic E-state index is -0.201. The normalized spacial score (nSPS) is 29.2. The van der Waals surface area contributed by atoms with Crippen LogP contribution >= 0.6 is 15.9 Å². The van der Waals surface area contributed by atoms with Gasteiger partial charge in [-0.1, -0.05) is 55.8 Å². The van der Waals surface area contributed by atoms with Crippen molar-refractivity contribution in [2.45, 2.75) is 40.5 Å². The van der Waals surface area contributed by atoms with Crippen LogP contribution in [0.25, 0.3) is 6.08 Å². The summed E-state index contributed by atoms with van der Waals surface area (Å²) in [6.07, 6.45) is 4.18. The highest BCUT2D eigenvalue weighted by atomic mass is 79.9. The Morgan fingerprint density at radius 2 is 1.90 bits per heavy atom. The Hall–Kier alpha value is -0.890. The van der Waals surface area contributed by atoms with Crippen LogP contribution in [0, 0.1) is 17.3 Å². The lowest BCUT2D eigenvalue weighted by atomic mass is 9.63. The largest absolute Gasteiger partial charge is 0.294 e. The second-order valence-electron chi connectivity index (χ2n) is 6.49. The molecular formula is C18H23BrO. The van der Waals surface area contributed by atoms with Gasteiger partial charge in [-0.3, -0.25) is 4.79 Å². The topological polar surface area (TPSA) is 17.1 Å². The zero-order valence-electron chi connectivity index (χ0n) is 12.7. The van der Waals surface area contributed by atoms with E-state index in [-0.39, 0.29) is 5.41 Å². The highest BCUT2D eigenvalue weighted by molar-refractivity contribution is 9.10. The van der Waals surface area contributed by atoms with Crippen molar-refractivity contribution in [3.8, 4) is 0 Å². The molecule has 2 heteroatoms. The standard InChI is InChI=1S/C18H23BrO/c1-12(2)18(4)10-9-13(3)16(17(18)20)11-14-5-7-15(19)8-6-14/h5-8,11-13H,9-10H2,1-4H3/b16-11-/t13-,18-/m0/s1. The zero-order chi connectivity index (χ0) is 14.9. The zero-order valence-corrected chi connectivity index (χ0v) is 14.3. The van der Waals surface area contributed by atoms with Gasteiger partial charge in [-0.15, -0.1) is 0 Å². The van der Waals surface area contributed by atoms with Gasteiger partial charge in [0.15, 0.2) is 5.78 Å². The van der Waals surface area contributed by atoms with E-state index < -0.39 is 0 Å². The van der Waals surface area contributed by atoms with E-state index >= 15 is 0 Å². The molecule has 0 spiro atoms. The van der Waals surface area contributed by atoms with E-state index in [1.54, 1.807) is 0 Å². The molecule has 0 aliphatic heterocycles. The highest BCUT2D eigenvalue weighted by Gasteiger charge is 2.42. The van der Waals surface area contributed by atoms with Gasteiger partial charge in [-0.05, 0) is 54.0 Å². The second-order valence-corrected chi connectivity index (χ2v) is 7.41. The molecule has 0 heterocycles. The predicted octanol–water partition coefficient (Wildman–Crippen LogP) is 5.49. The molecule has 20 heavy (non-hydrogen) atoms. The smallest absolute Gasteiger partial charge is 0.165 e. The lowest BCUT2D eigenvalue weighted by molar-refractivity contribution is -0.129. The summed E-state index contributed by atoms with van der Waals surface area (Å²) < 4.78 is 1.06. The molecule has 1 aromatic rings. The van der Waals surface area contributed by atoms with Gasteiger partial charge >= 0.3 is 0 Å². The lowest BCUT2D eigenvalue weighted by Gasteiger charge is -2.39. The molecular weight excluding hydrogens is 312 g/mol. The van der Waals surface area contributed by atoms with Gasteiger partial charge < -0.3 is 0 Å². The summed E-state index contributed by atoms with van der Waals surface area (Å²) in [7, 11) is 0. The van der Waals surface area contributed by atoms with Gasteiger partial charge in [0.25, 0.3) is 0 Å². The van der Waals surface area contributed by atoms with Crippen LogP contribution in [0.5, 0.6) is 0 Å². The van der Waals surface area contributed by atoms with Gasteiger partial charge in [-0.2, -0.15) is 0 Å². The van der Waals surface area contributed by atoms with Crippen LogP contribution in [0.2, 0.25) is 0 Å². The summed E-state index contributed by atoms with van der Waals surface area (Å²) in [6.45, 7) is 8.61. The monoisotopic (exact) mass is 334 g/mol. The predicted molar refractivity (Wildman–Crippen MR) is 88.5 cm³/mol. The van der Waals surface area contributed by atoms with Crippen molar-refractivity contribution >= 4 is 27.8 Å². The maximum Gasteiger partial charge on any atom is 0.165 e. The number of Topliss-reactive ketones (excluding diaryl/α,β-unsaturated/α-hetero) is 1. The van der Waals surface area contributed by atoms with Crippen molar-refractivity contribution in [1.82, 2.24) is 0 Å². The SMILES string of the molecule is CC(C)[C@]1(C)CC[C@H](C)/C(=C/c2ccc(Br)cc2)C1=O. The first-order valence-corrected chi connectivity index (χ1v) is 8.16. The summed E-state index contributed by atoms with van der Waals surface area (Å²) in [5.74, 6) is 1.09. The molecule has 0 saturated heterocycles. The highest BCUT2D eigenvalue weighted by Crippen LogP contribution is 2.44.